The molecule has 0 radical (unpaired) electrons. The van der Waals surface area contributed by atoms with Crippen LogP contribution >= 0.6 is 0 Å². The van der Waals surface area contributed by atoms with E-state index in [-0.39, 0.29) is 30.0 Å². The second-order valence-corrected chi connectivity index (χ2v) is 7.39. The molecular formula is C23H24F2N2O4. The molecule has 0 unspecified atom stereocenters. The van der Waals surface area contributed by atoms with E-state index in [1.165, 1.54) is 28.8 Å². The summed E-state index contributed by atoms with van der Waals surface area (Å²) in [5.41, 5.74) is 2.28. The van der Waals surface area contributed by atoms with Gasteiger partial charge in [-0.25, -0.2) is 0 Å². The predicted molar refractivity (Wildman–Crippen MR) is 113 cm³/mol. The molecule has 3 aromatic rings. The van der Waals surface area contributed by atoms with Gasteiger partial charge in [0.25, 0.3) is 5.91 Å². The largest absolute Gasteiger partial charge is 0.497 e. The number of amides is 1. The van der Waals surface area contributed by atoms with Gasteiger partial charge in [-0.2, -0.15) is 8.78 Å². The molecule has 3 rings (SSSR count). The number of ether oxygens (including phenoxy) is 2. The smallest absolute Gasteiger partial charge is 0.387 e. The van der Waals surface area contributed by atoms with Crippen LogP contribution in [0.25, 0.3) is 10.9 Å². The van der Waals surface area contributed by atoms with Gasteiger partial charge < -0.3 is 14.8 Å². The molecule has 31 heavy (non-hydrogen) atoms. The number of hydrogen-bond acceptors (Lipinski definition) is 4. The van der Waals surface area contributed by atoms with Gasteiger partial charge in [0.15, 0.2) is 0 Å². The summed E-state index contributed by atoms with van der Waals surface area (Å²) >= 11 is 0. The van der Waals surface area contributed by atoms with Gasteiger partial charge in [0.1, 0.15) is 11.5 Å². The van der Waals surface area contributed by atoms with Crippen LogP contribution in [0.3, 0.4) is 0 Å². The zero-order valence-corrected chi connectivity index (χ0v) is 17.7. The van der Waals surface area contributed by atoms with Crippen molar-refractivity contribution in [3.8, 4) is 11.5 Å². The maximum absolute atomic E-state index is 13.3. The number of halogens is 2. The highest BCUT2D eigenvalue weighted by molar-refractivity contribution is 6.05. The first-order chi connectivity index (χ1) is 14.7. The van der Waals surface area contributed by atoms with Gasteiger partial charge in [0.2, 0.25) is 5.91 Å². The lowest BCUT2D eigenvalue weighted by molar-refractivity contribution is -0.120. The van der Waals surface area contributed by atoms with Crippen LogP contribution in [-0.4, -0.2) is 36.1 Å². The van der Waals surface area contributed by atoms with Crippen LogP contribution in [0.15, 0.2) is 42.5 Å². The van der Waals surface area contributed by atoms with E-state index in [4.69, 9.17) is 4.74 Å². The molecule has 2 aromatic carbocycles. The first kappa shape index (κ1) is 22.3. The maximum atomic E-state index is 13.3. The van der Waals surface area contributed by atoms with E-state index in [1.807, 2.05) is 13.8 Å². The van der Waals surface area contributed by atoms with Crippen LogP contribution in [0.1, 0.15) is 35.5 Å². The first-order valence-electron chi connectivity index (χ1n) is 9.78. The molecule has 164 valence electrons. The molecule has 0 spiro atoms. The topological polar surface area (TPSA) is 69.6 Å². The summed E-state index contributed by atoms with van der Waals surface area (Å²) in [5, 5.41) is 3.60. The van der Waals surface area contributed by atoms with Crippen molar-refractivity contribution < 1.29 is 27.8 Å². The van der Waals surface area contributed by atoms with Gasteiger partial charge in [-0.3, -0.25) is 14.2 Å². The Bertz CT molecular complexity index is 1100. The average Bonchev–Trinajstić information content (AvgIpc) is 2.97. The summed E-state index contributed by atoms with van der Waals surface area (Å²) in [6.45, 7) is 2.59. The second kappa shape index (κ2) is 9.16. The zero-order valence-electron chi connectivity index (χ0n) is 17.7. The fraction of sp³-hybridized carbons (Fsp3) is 0.304. The molecule has 0 aliphatic rings. The third kappa shape index (κ3) is 4.84. The third-order valence-electron chi connectivity index (χ3n) is 4.86. The van der Waals surface area contributed by atoms with Gasteiger partial charge in [0.05, 0.1) is 19.0 Å². The van der Waals surface area contributed by atoms with Crippen molar-refractivity contribution in [3.63, 3.8) is 0 Å². The van der Waals surface area contributed by atoms with E-state index >= 15 is 0 Å². The Morgan fingerprint density at radius 2 is 1.71 bits per heavy atom. The Balaban J connectivity index is 2.06. The molecular weight excluding hydrogens is 406 g/mol. The van der Waals surface area contributed by atoms with Gasteiger partial charge in [-0.1, -0.05) is 0 Å². The third-order valence-corrected chi connectivity index (χ3v) is 4.86. The number of alkyl halides is 2. The SMILES string of the molecule is COc1ccc2c(c1)c(CC(=O)NC(C)C)c(C)n2C(=O)c1ccc(OC(F)F)cc1. The van der Waals surface area contributed by atoms with E-state index in [9.17, 15) is 18.4 Å². The van der Waals surface area contributed by atoms with Crippen molar-refractivity contribution in [2.45, 2.75) is 39.8 Å². The minimum atomic E-state index is -2.94. The molecule has 0 bridgehead atoms. The number of benzene rings is 2. The number of rotatable bonds is 7. The fourth-order valence-electron chi connectivity index (χ4n) is 3.52. The minimum absolute atomic E-state index is 0.00806. The summed E-state index contributed by atoms with van der Waals surface area (Å²) in [6, 6.07) is 10.8. The number of methoxy groups -OCH3 is 1. The number of aromatic nitrogens is 1. The van der Waals surface area contributed by atoms with Crippen LogP contribution in [0.5, 0.6) is 11.5 Å². The lowest BCUT2D eigenvalue weighted by Gasteiger charge is -2.10. The lowest BCUT2D eigenvalue weighted by Crippen LogP contribution is -2.31. The Hall–Kier alpha value is -3.42. The Morgan fingerprint density at radius 1 is 1.06 bits per heavy atom. The number of hydrogen-bond donors (Lipinski definition) is 1. The van der Waals surface area contributed by atoms with E-state index in [2.05, 4.69) is 10.1 Å². The van der Waals surface area contributed by atoms with E-state index < -0.39 is 6.61 Å². The van der Waals surface area contributed by atoms with Crippen molar-refractivity contribution in [2.75, 3.05) is 7.11 Å². The van der Waals surface area contributed by atoms with Crippen LogP contribution in [0, 0.1) is 6.92 Å². The number of nitrogens with one attached hydrogen (secondary N) is 1. The molecule has 1 aromatic heterocycles. The monoisotopic (exact) mass is 430 g/mol. The Morgan fingerprint density at radius 3 is 2.29 bits per heavy atom. The second-order valence-electron chi connectivity index (χ2n) is 7.39. The van der Waals surface area contributed by atoms with Gasteiger partial charge in [0, 0.05) is 22.7 Å². The molecule has 0 fully saturated rings. The molecule has 0 aliphatic carbocycles. The number of carbonyl (C=O) groups excluding carboxylic acids is 2. The predicted octanol–water partition coefficient (Wildman–Crippen LogP) is 4.32. The quantitative estimate of drug-likeness (QED) is 0.606. The lowest BCUT2D eigenvalue weighted by atomic mass is 10.1. The maximum Gasteiger partial charge on any atom is 0.387 e. The number of carbonyl (C=O) groups is 2. The van der Waals surface area contributed by atoms with E-state index in [0.29, 0.717) is 22.5 Å². The van der Waals surface area contributed by atoms with E-state index in [1.54, 1.807) is 32.2 Å². The molecule has 1 heterocycles. The van der Waals surface area contributed by atoms with E-state index in [0.717, 1.165) is 10.9 Å². The standard InChI is InChI=1S/C23H24F2N2O4/c1-13(2)26-21(28)12-18-14(3)27(20-10-9-17(30-4)11-19(18)20)22(29)15-5-7-16(8-6-15)31-23(24)25/h5-11,13,23H,12H2,1-4H3,(H,26,28). The van der Waals surface area contributed by atoms with Crippen molar-refractivity contribution >= 4 is 22.7 Å². The highest BCUT2D eigenvalue weighted by atomic mass is 19.3. The molecule has 0 atom stereocenters. The van der Waals surface area contributed by atoms with Gasteiger partial charge in [-0.05, 0) is 68.8 Å². The van der Waals surface area contributed by atoms with Gasteiger partial charge >= 0.3 is 6.61 Å². The van der Waals surface area contributed by atoms with Crippen LogP contribution < -0.4 is 14.8 Å². The van der Waals surface area contributed by atoms with Crippen molar-refractivity contribution in [1.82, 2.24) is 9.88 Å². The molecule has 1 amide bonds. The highest BCUT2D eigenvalue weighted by Crippen LogP contribution is 2.31. The normalized spacial score (nSPS) is 11.2. The summed E-state index contributed by atoms with van der Waals surface area (Å²) in [5.74, 6) is 0.0836. The molecule has 0 saturated heterocycles. The van der Waals surface area contributed by atoms with Crippen LogP contribution in [-0.2, 0) is 11.2 Å². The van der Waals surface area contributed by atoms with Crippen molar-refractivity contribution in [3.05, 3.63) is 59.3 Å². The van der Waals surface area contributed by atoms with Crippen molar-refractivity contribution in [1.29, 1.82) is 0 Å². The van der Waals surface area contributed by atoms with Gasteiger partial charge in [-0.15, -0.1) is 0 Å². The summed E-state index contributed by atoms with van der Waals surface area (Å²) < 4.78 is 36.0. The zero-order chi connectivity index (χ0) is 22.7. The molecule has 6 nitrogen and oxygen atoms in total. The van der Waals surface area contributed by atoms with Crippen molar-refractivity contribution in [2.24, 2.45) is 0 Å². The fourth-order valence-corrected chi connectivity index (χ4v) is 3.52. The number of nitrogens with zero attached hydrogens (tertiary/aromatic N) is 1. The average molecular weight is 430 g/mol. The first-order valence-corrected chi connectivity index (χ1v) is 9.78. The molecule has 0 aliphatic heterocycles. The summed E-state index contributed by atoms with van der Waals surface area (Å²) in [4.78, 5) is 25.7. The highest BCUT2D eigenvalue weighted by Gasteiger charge is 2.22. The van der Waals surface area contributed by atoms with Crippen LogP contribution in [0.2, 0.25) is 0 Å². The summed E-state index contributed by atoms with van der Waals surface area (Å²) in [7, 11) is 1.55. The molecule has 8 heteroatoms. The molecule has 0 saturated carbocycles. The molecule has 1 N–H and O–H groups in total. The Labute approximate surface area is 178 Å². The number of fused-ring (bicyclic) bond motifs is 1. The Kier molecular flexibility index (Phi) is 6.58. The van der Waals surface area contributed by atoms with Crippen LogP contribution in [0.4, 0.5) is 8.78 Å². The summed E-state index contributed by atoms with van der Waals surface area (Å²) in [6.07, 6.45) is 0.106. The minimum Gasteiger partial charge on any atom is -0.497 e.